The molecule has 2 heterocycles. The van der Waals surface area contributed by atoms with Gasteiger partial charge in [-0.1, -0.05) is 146 Å². The zero-order valence-corrected chi connectivity index (χ0v) is 29.4. The highest BCUT2D eigenvalue weighted by atomic mass is 32.1. The fraction of sp³-hybridized carbons (Fsp3) is 0. The van der Waals surface area contributed by atoms with Crippen LogP contribution in [0.15, 0.2) is 182 Å². The maximum absolute atomic E-state index is 5.35. The molecular formula is C50H30N2S. The lowest BCUT2D eigenvalue weighted by molar-refractivity contribution is 1.23. The molecule has 11 aromatic rings. The predicted molar refractivity (Wildman–Crippen MR) is 227 cm³/mol. The van der Waals surface area contributed by atoms with Crippen LogP contribution in [-0.4, -0.2) is 9.97 Å². The third kappa shape index (κ3) is 4.86. The molecule has 0 radical (unpaired) electrons. The second-order valence-corrected chi connectivity index (χ2v) is 14.8. The maximum Gasteiger partial charge on any atom is 0.160 e. The zero-order chi connectivity index (χ0) is 34.9. The van der Waals surface area contributed by atoms with E-state index in [0.717, 1.165) is 44.7 Å². The van der Waals surface area contributed by atoms with E-state index >= 15 is 0 Å². The molecule has 0 aliphatic rings. The molecule has 9 aromatic carbocycles. The molecular weight excluding hydrogens is 661 g/mol. The Morgan fingerprint density at radius 2 is 0.830 bits per heavy atom. The Balaban J connectivity index is 1.04. The number of benzene rings is 9. The van der Waals surface area contributed by atoms with Gasteiger partial charge >= 0.3 is 0 Å². The van der Waals surface area contributed by atoms with Gasteiger partial charge in [-0.15, -0.1) is 11.3 Å². The van der Waals surface area contributed by atoms with Crippen LogP contribution in [0.3, 0.4) is 0 Å². The smallest absolute Gasteiger partial charge is 0.160 e. The van der Waals surface area contributed by atoms with Gasteiger partial charge in [0.2, 0.25) is 0 Å². The molecule has 0 bridgehead atoms. The second-order valence-electron chi connectivity index (χ2n) is 13.7. The Hall–Kier alpha value is -6.68. The molecule has 0 aliphatic carbocycles. The summed E-state index contributed by atoms with van der Waals surface area (Å²) in [5.41, 5.74) is 8.67. The summed E-state index contributed by atoms with van der Waals surface area (Å²) >= 11 is 1.83. The van der Waals surface area contributed by atoms with E-state index in [1.54, 1.807) is 0 Å². The number of hydrogen-bond donors (Lipinski definition) is 0. The molecule has 2 aromatic heterocycles. The van der Waals surface area contributed by atoms with Crippen LogP contribution in [0.4, 0.5) is 0 Å². The minimum Gasteiger partial charge on any atom is -0.228 e. The molecule has 0 atom stereocenters. The van der Waals surface area contributed by atoms with Crippen LogP contribution in [0.5, 0.6) is 0 Å². The van der Waals surface area contributed by atoms with Crippen LogP contribution < -0.4 is 0 Å². The number of aromatic nitrogens is 2. The van der Waals surface area contributed by atoms with Crippen molar-refractivity contribution < 1.29 is 0 Å². The minimum atomic E-state index is 0.724. The van der Waals surface area contributed by atoms with Crippen molar-refractivity contribution in [3.8, 4) is 44.9 Å². The van der Waals surface area contributed by atoms with Crippen molar-refractivity contribution in [3.05, 3.63) is 182 Å². The van der Waals surface area contributed by atoms with Crippen molar-refractivity contribution in [1.29, 1.82) is 0 Å². The third-order valence-electron chi connectivity index (χ3n) is 10.6. The number of nitrogens with zero attached hydrogens (tertiary/aromatic N) is 2. The number of fused-ring (bicyclic) bond motifs is 11. The molecule has 0 aliphatic heterocycles. The van der Waals surface area contributed by atoms with Crippen molar-refractivity contribution >= 4 is 74.7 Å². The topological polar surface area (TPSA) is 25.8 Å². The Kier molecular flexibility index (Phi) is 6.76. The monoisotopic (exact) mass is 690 g/mol. The Bertz CT molecular complexity index is 3200. The number of thiophene rings is 1. The SMILES string of the molecule is c1ccc(-c2nc(-c3cccc(-c4cccc(-c5ccc6c7ccccc7c7ccccc7c6c5)c4)c3)nc3ccc4sc5ccccc5c4c23)cc1. The summed E-state index contributed by atoms with van der Waals surface area (Å²) in [6.45, 7) is 0. The molecule has 246 valence electrons. The first-order valence-electron chi connectivity index (χ1n) is 18.0. The van der Waals surface area contributed by atoms with E-state index in [4.69, 9.17) is 9.97 Å². The van der Waals surface area contributed by atoms with Crippen LogP contribution in [0, 0.1) is 0 Å². The molecule has 11 rings (SSSR count). The van der Waals surface area contributed by atoms with Crippen LogP contribution >= 0.6 is 11.3 Å². The van der Waals surface area contributed by atoms with Crippen LogP contribution in [-0.2, 0) is 0 Å². The normalized spacial score (nSPS) is 11.8. The van der Waals surface area contributed by atoms with E-state index in [-0.39, 0.29) is 0 Å². The first kappa shape index (κ1) is 30.0. The summed E-state index contributed by atoms with van der Waals surface area (Å²) in [7, 11) is 0. The van der Waals surface area contributed by atoms with E-state index in [0.29, 0.717) is 0 Å². The fourth-order valence-corrected chi connectivity index (χ4v) is 9.29. The van der Waals surface area contributed by atoms with Crippen molar-refractivity contribution in [1.82, 2.24) is 9.97 Å². The number of hydrogen-bond acceptors (Lipinski definition) is 3. The van der Waals surface area contributed by atoms with Gasteiger partial charge in [-0.25, -0.2) is 9.97 Å². The Morgan fingerprint density at radius 3 is 1.53 bits per heavy atom. The lowest BCUT2D eigenvalue weighted by Gasteiger charge is -2.13. The van der Waals surface area contributed by atoms with E-state index < -0.39 is 0 Å². The third-order valence-corrected chi connectivity index (χ3v) is 11.8. The predicted octanol–water partition coefficient (Wildman–Crippen LogP) is 14.1. The molecule has 0 spiro atoms. The van der Waals surface area contributed by atoms with Crippen LogP contribution in [0.25, 0.3) is 108 Å². The average Bonchev–Trinajstić information content (AvgIpc) is 3.63. The van der Waals surface area contributed by atoms with Gasteiger partial charge < -0.3 is 0 Å². The van der Waals surface area contributed by atoms with Gasteiger partial charge in [-0.05, 0) is 91.0 Å². The summed E-state index contributed by atoms with van der Waals surface area (Å²) in [5, 5.41) is 11.3. The molecule has 0 fully saturated rings. The Morgan fingerprint density at radius 1 is 0.302 bits per heavy atom. The van der Waals surface area contributed by atoms with E-state index in [9.17, 15) is 0 Å². The average molecular weight is 691 g/mol. The van der Waals surface area contributed by atoms with Gasteiger partial charge in [0.05, 0.1) is 11.2 Å². The van der Waals surface area contributed by atoms with Crippen molar-refractivity contribution in [2.45, 2.75) is 0 Å². The molecule has 0 N–H and O–H groups in total. The van der Waals surface area contributed by atoms with E-state index in [1.807, 2.05) is 11.3 Å². The van der Waals surface area contributed by atoms with Crippen LogP contribution in [0.1, 0.15) is 0 Å². The first-order chi connectivity index (χ1) is 26.3. The summed E-state index contributed by atoms with van der Waals surface area (Å²) in [6.07, 6.45) is 0. The van der Waals surface area contributed by atoms with Crippen LogP contribution in [0.2, 0.25) is 0 Å². The quantitative estimate of drug-likeness (QED) is 0.172. The molecule has 0 saturated carbocycles. The highest BCUT2D eigenvalue weighted by Crippen LogP contribution is 2.42. The summed E-state index contributed by atoms with van der Waals surface area (Å²) in [5.74, 6) is 0.724. The van der Waals surface area contributed by atoms with E-state index in [1.165, 1.54) is 63.6 Å². The van der Waals surface area contributed by atoms with Crippen molar-refractivity contribution in [3.63, 3.8) is 0 Å². The molecule has 0 unspecified atom stereocenters. The Labute approximate surface area is 310 Å². The highest BCUT2D eigenvalue weighted by Gasteiger charge is 2.18. The van der Waals surface area contributed by atoms with Gasteiger partial charge in [0, 0.05) is 36.7 Å². The first-order valence-corrected chi connectivity index (χ1v) is 18.8. The summed E-state index contributed by atoms with van der Waals surface area (Å²) in [6, 6.07) is 65.5. The molecule has 0 saturated heterocycles. The lowest BCUT2D eigenvalue weighted by Crippen LogP contribution is -1.96. The lowest BCUT2D eigenvalue weighted by atomic mass is 9.91. The molecule has 2 nitrogen and oxygen atoms in total. The maximum atomic E-state index is 5.35. The van der Waals surface area contributed by atoms with Gasteiger partial charge in [0.25, 0.3) is 0 Å². The van der Waals surface area contributed by atoms with Gasteiger partial charge in [0.15, 0.2) is 5.82 Å². The fourth-order valence-electron chi connectivity index (χ4n) is 8.18. The largest absolute Gasteiger partial charge is 0.228 e. The highest BCUT2D eigenvalue weighted by molar-refractivity contribution is 7.26. The van der Waals surface area contributed by atoms with Gasteiger partial charge in [0.1, 0.15) is 0 Å². The second kappa shape index (κ2) is 11.9. The minimum absolute atomic E-state index is 0.724. The molecule has 3 heteroatoms. The summed E-state index contributed by atoms with van der Waals surface area (Å²) < 4.78 is 2.53. The van der Waals surface area contributed by atoms with E-state index in [2.05, 4.69) is 182 Å². The summed E-state index contributed by atoms with van der Waals surface area (Å²) in [4.78, 5) is 10.6. The standard InChI is InChI=1S/C50H30N2S/c1-2-12-31(13-3-1)49-48-44(26-27-46-47(48)42-22-8-9-23-45(42)53-46)51-50(52-49)36-17-11-16-34(29-36)32-14-10-15-33(28-32)35-24-25-41-39-20-5-4-18-37(39)38-19-6-7-21-40(38)43(41)30-35/h1-30H. The van der Waals surface area contributed by atoms with Crippen molar-refractivity contribution in [2.75, 3.05) is 0 Å². The van der Waals surface area contributed by atoms with Gasteiger partial charge in [-0.2, -0.15) is 0 Å². The van der Waals surface area contributed by atoms with Gasteiger partial charge in [-0.3, -0.25) is 0 Å². The molecule has 53 heavy (non-hydrogen) atoms. The zero-order valence-electron chi connectivity index (χ0n) is 28.6. The van der Waals surface area contributed by atoms with Crippen molar-refractivity contribution in [2.24, 2.45) is 0 Å². The number of rotatable bonds is 4. The molecule has 0 amide bonds.